The van der Waals surface area contributed by atoms with Gasteiger partial charge in [-0.3, -0.25) is 4.79 Å². The summed E-state index contributed by atoms with van der Waals surface area (Å²) in [6.45, 7) is 7.28. The van der Waals surface area contributed by atoms with E-state index in [-0.39, 0.29) is 28.4 Å². The van der Waals surface area contributed by atoms with E-state index in [4.69, 9.17) is 4.74 Å². The standard InChI is InChI=1S/C25H30F3NO5S/c1-5-34-23(30)21-15-19(7-6-16(2)3)10-13-22(21)35(32,33)20-11-8-18(9-12-20)14-17(4)29-24(31)25(26,27)28/h8-13,15-17H,5-7,14H2,1-4H3,(H,29,31)/t17-/m1/s1. The van der Waals surface area contributed by atoms with Crippen molar-refractivity contribution in [2.45, 2.75) is 69.0 Å². The predicted molar refractivity (Wildman–Crippen MR) is 125 cm³/mol. The third kappa shape index (κ3) is 7.81. The molecule has 0 saturated carbocycles. The largest absolute Gasteiger partial charge is 0.471 e. The monoisotopic (exact) mass is 513 g/mol. The molecule has 0 fully saturated rings. The number of carbonyl (C=O) groups is 2. The van der Waals surface area contributed by atoms with Crippen molar-refractivity contribution in [1.29, 1.82) is 0 Å². The summed E-state index contributed by atoms with van der Waals surface area (Å²) in [5.41, 5.74) is 1.32. The number of esters is 1. The maximum atomic E-state index is 13.3. The Morgan fingerprint density at radius 2 is 1.60 bits per heavy atom. The fraction of sp³-hybridized carbons (Fsp3) is 0.440. The number of sulfone groups is 1. The number of hydrogen-bond donors (Lipinski definition) is 1. The van der Waals surface area contributed by atoms with Gasteiger partial charge in [0.25, 0.3) is 0 Å². The van der Waals surface area contributed by atoms with Crippen LogP contribution in [0.25, 0.3) is 0 Å². The highest BCUT2D eigenvalue weighted by atomic mass is 32.2. The molecule has 0 unspecified atom stereocenters. The van der Waals surface area contributed by atoms with Crippen LogP contribution in [0.3, 0.4) is 0 Å². The highest BCUT2D eigenvalue weighted by Gasteiger charge is 2.39. The van der Waals surface area contributed by atoms with Crippen LogP contribution >= 0.6 is 0 Å². The molecule has 0 aliphatic carbocycles. The minimum absolute atomic E-state index is 0.0410. The molecule has 1 amide bonds. The number of rotatable bonds is 10. The first kappa shape index (κ1) is 28.4. The summed E-state index contributed by atoms with van der Waals surface area (Å²) in [7, 11) is -4.08. The zero-order chi connectivity index (χ0) is 26.4. The molecular weight excluding hydrogens is 483 g/mol. The molecule has 6 nitrogen and oxygen atoms in total. The SMILES string of the molecule is CCOC(=O)c1cc(CCC(C)C)ccc1S(=O)(=O)c1ccc(C[C@@H](C)NC(=O)C(F)(F)F)cc1. The van der Waals surface area contributed by atoms with E-state index >= 15 is 0 Å². The van der Waals surface area contributed by atoms with Gasteiger partial charge in [-0.2, -0.15) is 13.2 Å². The number of alkyl halides is 3. The Kier molecular flexibility index (Phi) is 9.48. The molecule has 2 aromatic carbocycles. The Morgan fingerprint density at radius 3 is 2.14 bits per heavy atom. The van der Waals surface area contributed by atoms with Crippen LogP contribution in [0.15, 0.2) is 52.3 Å². The number of nitrogens with one attached hydrogen (secondary N) is 1. The van der Waals surface area contributed by atoms with Gasteiger partial charge in [-0.1, -0.05) is 32.0 Å². The molecule has 10 heteroatoms. The van der Waals surface area contributed by atoms with Crippen LogP contribution in [0.1, 0.15) is 55.6 Å². The number of halogens is 3. The fourth-order valence-electron chi connectivity index (χ4n) is 3.43. The molecule has 0 aliphatic rings. The fourth-order valence-corrected chi connectivity index (χ4v) is 4.86. The molecule has 0 heterocycles. The molecular formula is C25H30F3NO5S. The second kappa shape index (κ2) is 11.7. The van der Waals surface area contributed by atoms with E-state index in [0.717, 1.165) is 12.0 Å². The van der Waals surface area contributed by atoms with Crippen molar-refractivity contribution in [2.24, 2.45) is 5.92 Å². The molecule has 0 saturated heterocycles. The van der Waals surface area contributed by atoms with Crippen molar-refractivity contribution in [3.8, 4) is 0 Å². The number of amides is 1. The zero-order valence-corrected chi connectivity index (χ0v) is 20.9. The number of hydrogen-bond acceptors (Lipinski definition) is 5. The quantitative estimate of drug-likeness (QED) is 0.457. The lowest BCUT2D eigenvalue weighted by molar-refractivity contribution is -0.174. The first-order chi connectivity index (χ1) is 16.3. The van der Waals surface area contributed by atoms with Crippen LogP contribution in [0.5, 0.6) is 0 Å². The van der Waals surface area contributed by atoms with Crippen LogP contribution in [0, 0.1) is 5.92 Å². The van der Waals surface area contributed by atoms with Crippen LogP contribution in [0.2, 0.25) is 0 Å². The van der Waals surface area contributed by atoms with Gasteiger partial charge in [0.15, 0.2) is 0 Å². The lowest BCUT2D eigenvalue weighted by Crippen LogP contribution is -2.42. The van der Waals surface area contributed by atoms with Gasteiger partial charge in [-0.15, -0.1) is 0 Å². The highest BCUT2D eigenvalue weighted by Crippen LogP contribution is 2.27. The molecule has 35 heavy (non-hydrogen) atoms. The second-order valence-corrected chi connectivity index (χ2v) is 10.6. The third-order valence-corrected chi connectivity index (χ3v) is 7.08. The summed E-state index contributed by atoms with van der Waals surface area (Å²) in [5, 5.41) is 1.86. The molecule has 0 bridgehead atoms. The first-order valence-corrected chi connectivity index (χ1v) is 12.8. The summed E-state index contributed by atoms with van der Waals surface area (Å²) in [6, 6.07) is 9.38. The third-order valence-electron chi connectivity index (χ3n) is 5.25. The number of benzene rings is 2. The molecule has 2 aromatic rings. The van der Waals surface area contributed by atoms with Crippen molar-refractivity contribution in [3.63, 3.8) is 0 Å². The number of aryl methyl sites for hydroxylation is 1. The van der Waals surface area contributed by atoms with E-state index < -0.39 is 33.9 Å². The summed E-state index contributed by atoms with van der Waals surface area (Å²) < 4.78 is 69.0. The Bertz CT molecular complexity index is 1140. The summed E-state index contributed by atoms with van der Waals surface area (Å²) >= 11 is 0. The van der Waals surface area contributed by atoms with Gasteiger partial charge in [0.1, 0.15) is 0 Å². The van der Waals surface area contributed by atoms with Gasteiger partial charge in [0.2, 0.25) is 9.84 Å². The average Bonchev–Trinajstić information content (AvgIpc) is 2.77. The van der Waals surface area contributed by atoms with Crippen molar-refractivity contribution in [2.75, 3.05) is 6.61 Å². The predicted octanol–water partition coefficient (Wildman–Crippen LogP) is 4.89. The van der Waals surface area contributed by atoms with E-state index in [1.807, 2.05) is 5.32 Å². The van der Waals surface area contributed by atoms with Crippen molar-refractivity contribution < 1.29 is 35.9 Å². The molecule has 0 aromatic heterocycles. The molecule has 192 valence electrons. The van der Waals surface area contributed by atoms with Gasteiger partial charge in [-0.25, -0.2) is 13.2 Å². The molecule has 0 spiro atoms. The van der Waals surface area contributed by atoms with Gasteiger partial charge < -0.3 is 10.1 Å². The maximum absolute atomic E-state index is 13.3. The van der Waals surface area contributed by atoms with Crippen molar-refractivity contribution in [3.05, 3.63) is 59.2 Å². The smallest absolute Gasteiger partial charge is 0.462 e. The van der Waals surface area contributed by atoms with Crippen molar-refractivity contribution >= 4 is 21.7 Å². The summed E-state index contributed by atoms with van der Waals surface area (Å²) in [5.74, 6) is -2.33. The van der Waals surface area contributed by atoms with Gasteiger partial charge in [-0.05, 0) is 74.4 Å². The molecule has 0 aliphatic heterocycles. The summed E-state index contributed by atoms with van der Waals surface area (Å²) in [4.78, 5) is 23.4. The van der Waals surface area contributed by atoms with Gasteiger partial charge >= 0.3 is 18.1 Å². The Morgan fingerprint density at radius 1 is 1.00 bits per heavy atom. The molecule has 2 rings (SSSR count). The lowest BCUT2D eigenvalue weighted by Gasteiger charge is -2.16. The van der Waals surface area contributed by atoms with Gasteiger partial charge in [0, 0.05) is 6.04 Å². The van der Waals surface area contributed by atoms with Crippen molar-refractivity contribution in [1.82, 2.24) is 5.32 Å². The summed E-state index contributed by atoms with van der Waals surface area (Å²) in [6.07, 6.45) is -3.35. The van der Waals surface area contributed by atoms with E-state index in [9.17, 15) is 31.2 Å². The zero-order valence-electron chi connectivity index (χ0n) is 20.1. The lowest BCUT2D eigenvalue weighted by atomic mass is 10.0. The van der Waals surface area contributed by atoms with Crippen LogP contribution in [-0.4, -0.2) is 39.1 Å². The normalized spacial score (nSPS) is 12.9. The minimum atomic E-state index is -4.98. The Balaban J connectivity index is 2.30. The highest BCUT2D eigenvalue weighted by molar-refractivity contribution is 7.91. The number of carbonyl (C=O) groups excluding carboxylic acids is 2. The van der Waals surface area contributed by atoms with E-state index in [1.165, 1.54) is 37.3 Å². The average molecular weight is 514 g/mol. The Hall–Kier alpha value is -2.88. The van der Waals surface area contributed by atoms with E-state index in [2.05, 4.69) is 13.8 Å². The van der Waals surface area contributed by atoms with Gasteiger partial charge in [0.05, 0.1) is 22.0 Å². The molecule has 1 atom stereocenters. The molecule has 1 N–H and O–H groups in total. The second-order valence-electron chi connectivity index (χ2n) is 8.71. The minimum Gasteiger partial charge on any atom is -0.462 e. The van der Waals surface area contributed by atoms with Crippen LogP contribution in [-0.2, 0) is 32.2 Å². The van der Waals surface area contributed by atoms with Crippen LogP contribution in [0.4, 0.5) is 13.2 Å². The van der Waals surface area contributed by atoms with E-state index in [1.54, 1.807) is 19.1 Å². The number of ether oxygens (including phenoxy) is 1. The van der Waals surface area contributed by atoms with E-state index in [0.29, 0.717) is 17.9 Å². The van der Waals surface area contributed by atoms with Crippen LogP contribution < -0.4 is 5.32 Å². The topological polar surface area (TPSA) is 89.5 Å². The molecule has 0 radical (unpaired) electrons. The maximum Gasteiger partial charge on any atom is 0.471 e. The Labute approximate surface area is 203 Å². The first-order valence-electron chi connectivity index (χ1n) is 11.3.